The first kappa shape index (κ1) is 13.7. The van der Waals surface area contributed by atoms with Crippen molar-refractivity contribution in [2.45, 2.75) is 18.1 Å². The van der Waals surface area contributed by atoms with Gasteiger partial charge < -0.3 is 10.1 Å². The average molecular weight is 295 g/mol. The van der Waals surface area contributed by atoms with Crippen molar-refractivity contribution >= 4 is 23.5 Å². The van der Waals surface area contributed by atoms with Crippen LogP contribution in [0, 0.1) is 0 Å². The fourth-order valence-electron chi connectivity index (χ4n) is 2.55. The van der Waals surface area contributed by atoms with Gasteiger partial charge >= 0.3 is 0 Å². The molecule has 1 saturated heterocycles. The van der Waals surface area contributed by atoms with Gasteiger partial charge in [0.15, 0.2) is 0 Å². The van der Waals surface area contributed by atoms with Crippen LogP contribution in [0.2, 0.25) is 0 Å². The van der Waals surface area contributed by atoms with E-state index in [1.165, 1.54) is 28.4 Å². The highest BCUT2D eigenvalue weighted by molar-refractivity contribution is 8.06. The highest BCUT2D eigenvalue weighted by Crippen LogP contribution is 2.26. The molecular weight excluding hydrogens is 274 g/mol. The molecule has 3 rings (SSSR count). The Hall–Kier alpha value is -0.320. The minimum absolute atomic E-state index is 0.812. The number of rotatable bonds is 5. The van der Waals surface area contributed by atoms with Crippen molar-refractivity contribution in [1.82, 2.24) is 5.32 Å². The molecule has 0 aromatic heterocycles. The van der Waals surface area contributed by atoms with Gasteiger partial charge in [-0.2, -0.15) is 23.5 Å². The molecule has 1 unspecified atom stereocenters. The smallest absolute Gasteiger partial charge is 0.122 e. The van der Waals surface area contributed by atoms with E-state index in [0.717, 1.165) is 43.5 Å². The molecule has 0 saturated carbocycles. The van der Waals surface area contributed by atoms with Crippen LogP contribution in [0.25, 0.3) is 0 Å². The van der Waals surface area contributed by atoms with Crippen LogP contribution in [0.5, 0.6) is 5.75 Å². The second-order valence-electron chi connectivity index (χ2n) is 5.06. The Morgan fingerprint density at radius 1 is 1.32 bits per heavy atom. The summed E-state index contributed by atoms with van der Waals surface area (Å²) in [5, 5.41) is 4.42. The summed E-state index contributed by atoms with van der Waals surface area (Å²) in [6.07, 6.45) is 2.20. The Kier molecular flexibility index (Phi) is 4.97. The Bertz CT molecular complexity index is 419. The molecule has 2 aliphatic heterocycles. The quantitative estimate of drug-likeness (QED) is 0.843. The lowest BCUT2D eigenvalue weighted by Gasteiger charge is -2.21. The Morgan fingerprint density at radius 3 is 3.21 bits per heavy atom. The molecule has 1 N–H and O–H groups in total. The van der Waals surface area contributed by atoms with Gasteiger partial charge in [-0.05, 0) is 30.2 Å². The van der Waals surface area contributed by atoms with E-state index >= 15 is 0 Å². The van der Waals surface area contributed by atoms with Crippen molar-refractivity contribution in [1.29, 1.82) is 0 Å². The Labute approximate surface area is 124 Å². The SMILES string of the molecule is c1cc2c(cc1CCNCC1CSCCS1)CCO2. The molecule has 1 aromatic carbocycles. The third-order valence-corrected chi connectivity index (χ3v) is 6.45. The van der Waals surface area contributed by atoms with E-state index in [9.17, 15) is 0 Å². The van der Waals surface area contributed by atoms with E-state index in [-0.39, 0.29) is 0 Å². The largest absolute Gasteiger partial charge is 0.493 e. The van der Waals surface area contributed by atoms with E-state index < -0.39 is 0 Å². The third-order valence-electron chi connectivity index (χ3n) is 3.60. The van der Waals surface area contributed by atoms with Crippen molar-refractivity contribution in [2.24, 2.45) is 0 Å². The lowest BCUT2D eigenvalue weighted by atomic mass is 10.1. The molecule has 0 bridgehead atoms. The molecular formula is C15H21NOS2. The number of ether oxygens (including phenoxy) is 1. The summed E-state index contributed by atoms with van der Waals surface area (Å²) in [6, 6.07) is 6.65. The number of hydrogen-bond acceptors (Lipinski definition) is 4. The summed E-state index contributed by atoms with van der Waals surface area (Å²) in [7, 11) is 0. The zero-order valence-electron chi connectivity index (χ0n) is 11.2. The van der Waals surface area contributed by atoms with Crippen LogP contribution in [0.1, 0.15) is 11.1 Å². The predicted octanol–water partition coefficient (Wildman–Crippen LogP) is 2.60. The van der Waals surface area contributed by atoms with Gasteiger partial charge in [0, 0.05) is 35.5 Å². The number of thioether (sulfide) groups is 2. The van der Waals surface area contributed by atoms with Crippen LogP contribution >= 0.6 is 23.5 Å². The minimum Gasteiger partial charge on any atom is -0.493 e. The van der Waals surface area contributed by atoms with Crippen LogP contribution in [0.15, 0.2) is 18.2 Å². The second kappa shape index (κ2) is 6.91. The summed E-state index contributed by atoms with van der Waals surface area (Å²) >= 11 is 4.22. The third kappa shape index (κ3) is 3.83. The molecule has 0 radical (unpaired) electrons. The summed E-state index contributed by atoms with van der Waals surface area (Å²) in [5.41, 5.74) is 2.82. The number of fused-ring (bicyclic) bond motifs is 1. The van der Waals surface area contributed by atoms with Gasteiger partial charge in [0.25, 0.3) is 0 Å². The topological polar surface area (TPSA) is 21.3 Å². The maximum Gasteiger partial charge on any atom is 0.122 e. The predicted molar refractivity (Wildman–Crippen MR) is 85.8 cm³/mol. The second-order valence-corrected chi connectivity index (χ2v) is 7.62. The van der Waals surface area contributed by atoms with Gasteiger partial charge in [-0.1, -0.05) is 12.1 Å². The molecule has 104 valence electrons. The number of benzene rings is 1. The molecule has 19 heavy (non-hydrogen) atoms. The van der Waals surface area contributed by atoms with Gasteiger partial charge in [-0.25, -0.2) is 0 Å². The first-order chi connectivity index (χ1) is 9.42. The summed E-state index contributed by atoms with van der Waals surface area (Å²) in [4.78, 5) is 0. The highest BCUT2D eigenvalue weighted by atomic mass is 32.2. The molecule has 2 aliphatic rings. The fourth-order valence-corrected chi connectivity index (χ4v) is 5.19. The van der Waals surface area contributed by atoms with Crippen molar-refractivity contribution in [3.63, 3.8) is 0 Å². The van der Waals surface area contributed by atoms with E-state index in [0.29, 0.717) is 0 Å². The van der Waals surface area contributed by atoms with E-state index in [4.69, 9.17) is 4.74 Å². The maximum atomic E-state index is 5.54. The lowest BCUT2D eigenvalue weighted by Crippen LogP contribution is -2.30. The summed E-state index contributed by atoms with van der Waals surface area (Å²) in [6.45, 7) is 3.10. The highest BCUT2D eigenvalue weighted by Gasteiger charge is 2.14. The van der Waals surface area contributed by atoms with Crippen molar-refractivity contribution in [2.75, 3.05) is 37.0 Å². The zero-order valence-corrected chi connectivity index (χ0v) is 12.8. The van der Waals surface area contributed by atoms with Crippen molar-refractivity contribution in [3.05, 3.63) is 29.3 Å². The monoisotopic (exact) mass is 295 g/mol. The van der Waals surface area contributed by atoms with Crippen LogP contribution in [-0.2, 0) is 12.8 Å². The lowest BCUT2D eigenvalue weighted by molar-refractivity contribution is 0.357. The standard InChI is InChI=1S/C15H21NOS2/c1-2-15-13(4-6-17-15)9-12(1)3-5-16-10-14-11-18-7-8-19-14/h1-2,9,14,16H,3-8,10-11H2. The molecule has 0 spiro atoms. The van der Waals surface area contributed by atoms with Crippen LogP contribution in [-0.4, -0.2) is 42.2 Å². The van der Waals surface area contributed by atoms with Crippen LogP contribution in [0.3, 0.4) is 0 Å². The molecule has 2 nitrogen and oxygen atoms in total. The Balaban J connectivity index is 1.40. The normalized spacial score (nSPS) is 22.0. The number of nitrogens with one attached hydrogen (secondary N) is 1. The zero-order chi connectivity index (χ0) is 12.9. The molecule has 1 aromatic rings. The maximum absolute atomic E-state index is 5.54. The number of hydrogen-bond donors (Lipinski definition) is 1. The summed E-state index contributed by atoms with van der Waals surface area (Å²) < 4.78 is 5.54. The van der Waals surface area contributed by atoms with Gasteiger partial charge in [0.05, 0.1) is 6.61 Å². The first-order valence-electron chi connectivity index (χ1n) is 7.06. The van der Waals surface area contributed by atoms with Gasteiger partial charge in [-0.15, -0.1) is 0 Å². The molecule has 4 heteroatoms. The van der Waals surface area contributed by atoms with Gasteiger partial charge in [-0.3, -0.25) is 0 Å². The van der Waals surface area contributed by atoms with Crippen LogP contribution < -0.4 is 10.1 Å². The van der Waals surface area contributed by atoms with Crippen molar-refractivity contribution < 1.29 is 4.74 Å². The molecule has 1 fully saturated rings. The molecule has 0 amide bonds. The minimum atomic E-state index is 0.812. The average Bonchev–Trinajstić information content (AvgIpc) is 2.92. The fraction of sp³-hybridized carbons (Fsp3) is 0.600. The molecule has 1 atom stereocenters. The van der Waals surface area contributed by atoms with E-state index in [1.807, 2.05) is 0 Å². The van der Waals surface area contributed by atoms with Gasteiger partial charge in [0.2, 0.25) is 0 Å². The molecule has 0 aliphatic carbocycles. The summed E-state index contributed by atoms with van der Waals surface area (Å²) in [5.74, 6) is 5.06. The van der Waals surface area contributed by atoms with E-state index in [2.05, 4.69) is 47.0 Å². The van der Waals surface area contributed by atoms with Crippen molar-refractivity contribution in [3.8, 4) is 5.75 Å². The first-order valence-corrected chi connectivity index (χ1v) is 9.27. The molecule has 2 heterocycles. The van der Waals surface area contributed by atoms with E-state index in [1.54, 1.807) is 0 Å². The van der Waals surface area contributed by atoms with Crippen LogP contribution in [0.4, 0.5) is 0 Å². The Morgan fingerprint density at radius 2 is 2.32 bits per heavy atom. The van der Waals surface area contributed by atoms with Gasteiger partial charge in [0.1, 0.15) is 5.75 Å².